The number of nitrogens with one attached hydrogen (secondary N) is 1. The molecule has 10 nitrogen and oxygen atoms in total. The summed E-state index contributed by atoms with van der Waals surface area (Å²) in [5.74, 6) is 1.91. The minimum atomic E-state index is -3.54. The van der Waals surface area contributed by atoms with Crippen LogP contribution in [-0.2, 0) is 34.2 Å². The highest BCUT2D eigenvalue weighted by atomic mass is 32.2. The number of hydrogen-bond acceptors (Lipinski definition) is 7. The lowest BCUT2D eigenvalue weighted by atomic mass is 10.2. The van der Waals surface area contributed by atoms with E-state index < -0.39 is 10.0 Å². The molecule has 33 heavy (non-hydrogen) atoms. The molecule has 0 bridgehead atoms. The van der Waals surface area contributed by atoms with E-state index >= 15 is 0 Å². The molecule has 0 fully saturated rings. The Kier molecular flexibility index (Phi) is 8.20. The Morgan fingerprint density at radius 1 is 1.18 bits per heavy atom. The first-order valence-corrected chi connectivity index (χ1v) is 12.6. The molecule has 3 aromatic rings. The van der Waals surface area contributed by atoms with E-state index in [1.54, 1.807) is 25.1 Å². The van der Waals surface area contributed by atoms with Crippen molar-refractivity contribution in [1.82, 2.24) is 29.3 Å². The van der Waals surface area contributed by atoms with Crippen LogP contribution in [-0.4, -0.2) is 59.0 Å². The van der Waals surface area contributed by atoms with E-state index in [9.17, 15) is 13.2 Å². The lowest BCUT2D eigenvalue weighted by Crippen LogP contribution is -2.25. The molecular formula is C22H32N6O4S. The van der Waals surface area contributed by atoms with E-state index in [1.165, 1.54) is 18.4 Å². The van der Waals surface area contributed by atoms with E-state index in [1.807, 2.05) is 0 Å². The van der Waals surface area contributed by atoms with Gasteiger partial charge in [-0.15, -0.1) is 0 Å². The summed E-state index contributed by atoms with van der Waals surface area (Å²) < 4.78 is 33.3. The van der Waals surface area contributed by atoms with Gasteiger partial charge in [-0.3, -0.25) is 4.79 Å². The smallest absolute Gasteiger partial charge is 0.242 e. The maximum Gasteiger partial charge on any atom is 0.242 e. The van der Waals surface area contributed by atoms with Gasteiger partial charge in [-0.25, -0.2) is 17.7 Å². The number of hydrogen-bond donors (Lipinski definition) is 1. The van der Waals surface area contributed by atoms with E-state index in [0.29, 0.717) is 49.5 Å². The summed E-state index contributed by atoms with van der Waals surface area (Å²) in [5, 5.41) is 6.67. The zero-order valence-corrected chi connectivity index (χ0v) is 20.5. The van der Waals surface area contributed by atoms with Crippen molar-refractivity contribution in [2.45, 2.75) is 63.8 Å². The quantitative estimate of drug-likeness (QED) is 0.398. The molecule has 1 N–H and O–H groups in total. The molecule has 0 radical (unpaired) electrons. The zero-order chi connectivity index (χ0) is 24.0. The predicted molar refractivity (Wildman–Crippen MR) is 124 cm³/mol. The SMILES string of the molecule is CCCCn1c(CCC(=O)NCCCc2nc(C)no2)nc2cc(S(=O)(=O)N(C)C)ccc21. The number of carbonyl (C=O) groups is 1. The average Bonchev–Trinajstić information content (AvgIpc) is 3.35. The second-order valence-corrected chi connectivity index (χ2v) is 10.3. The summed E-state index contributed by atoms with van der Waals surface area (Å²) in [6, 6.07) is 5.02. The van der Waals surface area contributed by atoms with Crippen LogP contribution in [0.1, 0.15) is 50.1 Å². The molecule has 0 spiro atoms. The summed E-state index contributed by atoms with van der Waals surface area (Å²) in [4.78, 5) is 21.4. The third kappa shape index (κ3) is 6.17. The summed E-state index contributed by atoms with van der Waals surface area (Å²) in [6.45, 7) is 5.18. The molecule has 2 aromatic heterocycles. The number of amides is 1. The first-order valence-electron chi connectivity index (χ1n) is 11.2. The van der Waals surface area contributed by atoms with Gasteiger partial charge in [0.15, 0.2) is 5.82 Å². The van der Waals surface area contributed by atoms with E-state index in [2.05, 4.69) is 31.9 Å². The van der Waals surface area contributed by atoms with E-state index in [4.69, 9.17) is 4.52 Å². The second-order valence-electron chi connectivity index (χ2n) is 8.16. The third-order valence-corrected chi connectivity index (χ3v) is 7.16. The summed E-state index contributed by atoms with van der Waals surface area (Å²) in [7, 11) is -0.529. The molecule has 0 saturated carbocycles. The molecule has 0 saturated heterocycles. The highest BCUT2D eigenvalue weighted by molar-refractivity contribution is 7.89. The van der Waals surface area contributed by atoms with Crippen molar-refractivity contribution in [3.63, 3.8) is 0 Å². The highest BCUT2D eigenvalue weighted by Crippen LogP contribution is 2.23. The number of nitrogens with zero attached hydrogens (tertiary/aromatic N) is 5. The molecule has 0 aliphatic heterocycles. The van der Waals surface area contributed by atoms with E-state index in [-0.39, 0.29) is 10.8 Å². The Labute approximate surface area is 194 Å². The largest absolute Gasteiger partial charge is 0.356 e. The van der Waals surface area contributed by atoms with Crippen molar-refractivity contribution in [3.05, 3.63) is 35.7 Å². The highest BCUT2D eigenvalue weighted by Gasteiger charge is 2.20. The first-order chi connectivity index (χ1) is 15.7. The van der Waals surface area contributed by atoms with Gasteiger partial charge < -0.3 is 14.4 Å². The molecule has 2 heterocycles. The molecule has 11 heteroatoms. The van der Waals surface area contributed by atoms with Crippen LogP contribution < -0.4 is 5.32 Å². The average molecular weight is 477 g/mol. The second kappa shape index (κ2) is 10.9. The number of benzene rings is 1. The van der Waals surface area contributed by atoms with Gasteiger partial charge in [0.1, 0.15) is 5.82 Å². The van der Waals surface area contributed by atoms with Crippen molar-refractivity contribution in [3.8, 4) is 0 Å². The number of aryl methyl sites for hydroxylation is 4. The standard InChI is InChI=1S/C22H32N6O4S/c1-5-6-14-28-19-10-9-17(33(30,31)27(3)4)15-18(19)25-20(28)11-12-21(29)23-13-7-8-22-24-16(2)26-32-22/h9-10,15H,5-8,11-14H2,1-4H3,(H,23,29). The number of rotatable bonds is 12. The number of fused-ring (bicyclic) bond motifs is 1. The van der Waals surface area contributed by atoms with Crippen LogP contribution in [0.25, 0.3) is 11.0 Å². The zero-order valence-electron chi connectivity index (χ0n) is 19.7. The van der Waals surface area contributed by atoms with Crippen molar-refractivity contribution >= 4 is 27.0 Å². The topological polar surface area (TPSA) is 123 Å². The first kappa shape index (κ1) is 24.8. The lowest BCUT2D eigenvalue weighted by Gasteiger charge is -2.11. The fourth-order valence-electron chi connectivity index (χ4n) is 3.51. The van der Waals surface area contributed by atoms with Crippen LogP contribution in [0.15, 0.2) is 27.6 Å². The molecule has 1 aromatic carbocycles. The van der Waals surface area contributed by atoms with Crippen molar-refractivity contribution < 1.29 is 17.7 Å². The van der Waals surface area contributed by atoms with Crippen LogP contribution in [0.3, 0.4) is 0 Å². The van der Waals surface area contributed by atoms with Gasteiger partial charge in [0, 0.05) is 46.4 Å². The fraction of sp³-hybridized carbons (Fsp3) is 0.545. The molecule has 0 aliphatic carbocycles. The number of carbonyl (C=O) groups excluding carboxylic acids is 1. The molecule has 1 amide bonds. The molecule has 3 rings (SSSR count). The maximum atomic E-state index is 12.5. The minimum Gasteiger partial charge on any atom is -0.356 e. The van der Waals surface area contributed by atoms with Crippen LogP contribution >= 0.6 is 0 Å². The molecule has 180 valence electrons. The van der Waals surface area contributed by atoms with Gasteiger partial charge in [-0.05, 0) is 38.0 Å². The maximum absolute atomic E-state index is 12.5. The van der Waals surface area contributed by atoms with Crippen LogP contribution in [0.2, 0.25) is 0 Å². The fourth-order valence-corrected chi connectivity index (χ4v) is 4.43. The van der Waals surface area contributed by atoms with Gasteiger partial charge in [0.25, 0.3) is 0 Å². The Balaban J connectivity index is 1.65. The predicted octanol–water partition coefficient (Wildman–Crippen LogP) is 2.46. The van der Waals surface area contributed by atoms with E-state index in [0.717, 1.165) is 30.7 Å². The van der Waals surface area contributed by atoms with Gasteiger partial charge >= 0.3 is 0 Å². The van der Waals surface area contributed by atoms with Crippen molar-refractivity contribution in [2.75, 3.05) is 20.6 Å². The summed E-state index contributed by atoms with van der Waals surface area (Å²) >= 11 is 0. The number of imidazole rings is 1. The summed E-state index contributed by atoms with van der Waals surface area (Å²) in [5.41, 5.74) is 1.51. The Hall–Kier alpha value is -2.79. The normalized spacial score (nSPS) is 12.0. The lowest BCUT2D eigenvalue weighted by molar-refractivity contribution is -0.121. The number of sulfonamides is 1. The van der Waals surface area contributed by atoms with Gasteiger partial charge in [-0.2, -0.15) is 4.98 Å². The van der Waals surface area contributed by atoms with Crippen LogP contribution in [0, 0.1) is 6.92 Å². The number of aromatic nitrogens is 4. The molecule has 0 atom stereocenters. The number of unbranched alkanes of at least 4 members (excludes halogenated alkanes) is 1. The van der Waals surface area contributed by atoms with Gasteiger partial charge in [-0.1, -0.05) is 18.5 Å². The Morgan fingerprint density at radius 2 is 1.97 bits per heavy atom. The van der Waals surface area contributed by atoms with Crippen LogP contribution in [0.4, 0.5) is 0 Å². The Morgan fingerprint density at radius 3 is 2.64 bits per heavy atom. The van der Waals surface area contributed by atoms with Crippen molar-refractivity contribution in [1.29, 1.82) is 0 Å². The van der Waals surface area contributed by atoms with Gasteiger partial charge in [0.05, 0.1) is 15.9 Å². The van der Waals surface area contributed by atoms with Gasteiger partial charge in [0.2, 0.25) is 21.8 Å². The molecular weight excluding hydrogens is 444 g/mol. The molecule has 0 unspecified atom stereocenters. The Bertz CT molecular complexity index is 1200. The molecule has 0 aliphatic rings. The van der Waals surface area contributed by atoms with Crippen LogP contribution in [0.5, 0.6) is 0 Å². The monoisotopic (exact) mass is 476 g/mol. The summed E-state index contributed by atoms with van der Waals surface area (Å²) in [6.07, 6.45) is 4.10. The minimum absolute atomic E-state index is 0.0540. The third-order valence-electron chi connectivity index (χ3n) is 5.35. The van der Waals surface area contributed by atoms with Crippen molar-refractivity contribution in [2.24, 2.45) is 0 Å².